The molecule has 4 N–H and O–H groups in total. The largest absolute Gasteiger partial charge is 0.758 e. The van der Waals surface area contributed by atoms with Gasteiger partial charge in [0, 0.05) is 75.5 Å². The zero-order chi connectivity index (χ0) is 53.2. The molecule has 2 atom stereocenters. The first kappa shape index (κ1) is 55.6. The highest BCUT2D eigenvalue weighted by molar-refractivity contribution is 7.15. The zero-order valence-corrected chi connectivity index (χ0v) is 44.2. The smallest absolute Gasteiger partial charge is 0.264 e. The number of benzene rings is 3. The van der Waals surface area contributed by atoms with E-state index in [0.717, 1.165) is 116 Å². The number of amidine groups is 1. The van der Waals surface area contributed by atoms with Gasteiger partial charge in [0.25, 0.3) is 11.8 Å². The summed E-state index contributed by atoms with van der Waals surface area (Å²) < 4.78 is 23.0. The molecule has 5 amide bonds. The number of ether oxygens (including phenoxy) is 4. The van der Waals surface area contributed by atoms with Gasteiger partial charge in [0.15, 0.2) is 5.13 Å². The summed E-state index contributed by atoms with van der Waals surface area (Å²) in [6, 6.07) is 18.6. The van der Waals surface area contributed by atoms with Crippen LogP contribution in [-0.4, -0.2) is 140 Å². The number of para-hydroxylation sites is 1. The molecule has 76 heavy (non-hydrogen) atoms. The van der Waals surface area contributed by atoms with E-state index in [1.165, 1.54) is 17.4 Å². The van der Waals surface area contributed by atoms with Crippen LogP contribution in [0, 0.1) is 12.1 Å². The number of piperidine rings is 1. The number of rotatable bonds is 29. The number of hydrogen-bond acceptors (Lipinski definition) is 18. The summed E-state index contributed by atoms with van der Waals surface area (Å²) in [4.78, 5) is 79.2. The minimum atomic E-state index is -1.07. The van der Waals surface area contributed by atoms with Crippen molar-refractivity contribution >= 4 is 63.2 Å². The molecular weight excluding hydrogens is 993 g/mol. The molecule has 5 heterocycles. The van der Waals surface area contributed by atoms with Crippen LogP contribution >= 0.6 is 11.3 Å². The van der Waals surface area contributed by atoms with Gasteiger partial charge in [-0.2, -0.15) is 0 Å². The number of fused-ring (bicyclic) bond motifs is 1. The van der Waals surface area contributed by atoms with Gasteiger partial charge in [0.05, 0.1) is 43.2 Å². The number of carbonyl (C=O) groups is 5. The molecule has 20 nitrogen and oxygen atoms in total. The van der Waals surface area contributed by atoms with Gasteiger partial charge in [-0.05, 0) is 107 Å². The average Bonchev–Trinajstić information content (AvgIpc) is 3.95. The highest BCUT2D eigenvalue weighted by Gasteiger charge is 2.45. The van der Waals surface area contributed by atoms with Crippen molar-refractivity contribution in [2.24, 2.45) is 4.99 Å². The van der Waals surface area contributed by atoms with Gasteiger partial charge < -0.3 is 50.1 Å². The topological polar surface area (TPSA) is 232 Å². The second-order valence-corrected chi connectivity index (χ2v) is 20.3. The van der Waals surface area contributed by atoms with Crippen LogP contribution < -0.4 is 31.1 Å². The van der Waals surface area contributed by atoms with Crippen LogP contribution in [0.1, 0.15) is 102 Å². The van der Waals surface area contributed by atoms with Crippen LogP contribution in [0.5, 0.6) is 11.5 Å². The molecule has 8 rings (SSSR count). The molecule has 0 saturated carbocycles. The number of nitrogens with one attached hydrogen (secondary N) is 4. The van der Waals surface area contributed by atoms with Crippen molar-refractivity contribution in [2.45, 2.75) is 96.8 Å². The van der Waals surface area contributed by atoms with E-state index >= 15 is 0 Å². The number of unbranched alkanes of at least 4 members (excludes halogenated alkanes) is 5. The number of aromatic nitrogens is 1. The van der Waals surface area contributed by atoms with Crippen LogP contribution in [0.2, 0.25) is 0 Å². The van der Waals surface area contributed by atoms with Crippen LogP contribution in [0.3, 0.4) is 0 Å². The third-order valence-electron chi connectivity index (χ3n) is 13.4. The Hall–Kier alpha value is -6.59. The molecule has 21 heteroatoms. The van der Waals surface area contributed by atoms with Crippen molar-refractivity contribution in [3.63, 3.8) is 0 Å². The van der Waals surface area contributed by atoms with Crippen molar-refractivity contribution in [2.75, 3.05) is 88.1 Å². The standard InChI is InChI=1S/C55H69N10O10S/c1-38-34-41(75-40-14-7-5-8-15-40)19-20-45(38)64(71)37-42-36-56-55(76-42)60-47-35-48(58-39(2)57-47)63-26-24-62(25-27-63)23-10-3-4-11-28-72-30-32-74-33-31-73-29-12-6-9-18-49(66)59-44-17-13-16-43-51(44)54(70)65(53(43)69)46-21-22-50(67)61-52(46)68/h5,7-8,13-17,19-20,34-36,46,48H,3-4,6,9-12,18,21-33,37H2,1-2H3,(H,56,60)(H,57,58)(H,59,66)(H,61,67,68)/q-1. The van der Waals surface area contributed by atoms with Gasteiger partial charge in [0.2, 0.25) is 17.7 Å². The van der Waals surface area contributed by atoms with E-state index in [9.17, 15) is 29.2 Å². The van der Waals surface area contributed by atoms with E-state index in [-0.39, 0.29) is 54.7 Å². The Labute approximate surface area is 447 Å². The Morgan fingerprint density at radius 3 is 2.26 bits per heavy atom. The maximum Gasteiger partial charge on any atom is 0.264 e. The van der Waals surface area contributed by atoms with Crippen molar-refractivity contribution < 1.29 is 42.9 Å². The average molecular weight is 1060 g/mol. The third-order valence-corrected chi connectivity index (χ3v) is 14.3. The van der Waals surface area contributed by atoms with Gasteiger partial charge >= 0.3 is 0 Å². The molecular formula is C55H69N10O10S-. The quantitative estimate of drug-likeness (QED) is 0.0240. The maximum absolute atomic E-state index is 13.3. The lowest BCUT2D eigenvalue weighted by molar-refractivity contribution is -0.136. The minimum Gasteiger partial charge on any atom is -0.758 e. The highest BCUT2D eigenvalue weighted by Crippen LogP contribution is 2.33. The van der Waals surface area contributed by atoms with Crippen LogP contribution in [0.25, 0.3) is 0 Å². The zero-order valence-electron chi connectivity index (χ0n) is 43.4. The molecule has 406 valence electrons. The summed E-state index contributed by atoms with van der Waals surface area (Å²) in [5, 5.41) is 26.6. The van der Waals surface area contributed by atoms with Crippen molar-refractivity contribution in [3.8, 4) is 11.5 Å². The molecule has 1 aromatic heterocycles. The van der Waals surface area contributed by atoms with E-state index < -0.39 is 29.7 Å². The molecule has 4 aromatic rings. The maximum atomic E-state index is 13.3. The fraction of sp³-hybridized carbons (Fsp3) is 0.473. The lowest BCUT2D eigenvalue weighted by Gasteiger charge is -2.38. The molecule has 2 fully saturated rings. The molecule has 2 unspecified atom stereocenters. The number of aliphatic imine (C=N–C) groups is 1. The number of carbonyl (C=O) groups excluding carboxylic acids is 5. The first-order valence-electron chi connectivity index (χ1n) is 26.4. The first-order chi connectivity index (χ1) is 37.0. The Morgan fingerprint density at radius 2 is 1.53 bits per heavy atom. The van der Waals surface area contributed by atoms with E-state index in [0.29, 0.717) is 56.0 Å². The van der Waals surface area contributed by atoms with Gasteiger partial charge in [-0.3, -0.25) is 39.1 Å². The number of hydrogen-bond donors (Lipinski definition) is 4. The number of hydroxylamine groups is 1. The number of anilines is 3. The normalized spacial score (nSPS) is 18.0. The number of imide groups is 2. The van der Waals surface area contributed by atoms with Gasteiger partial charge in [0.1, 0.15) is 35.4 Å². The summed E-state index contributed by atoms with van der Waals surface area (Å²) in [7, 11) is 0. The van der Waals surface area contributed by atoms with Crippen LogP contribution in [-0.2, 0) is 35.1 Å². The summed E-state index contributed by atoms with van der Waals surface area (Å²) in [5.41, 5.74) is 1.82. The van der Waals surface area contributed by atoms with Gasteiger partial charge in [-0.15, -0.1) is 0 Å². The van der Waals surface area contributed by atoms with E-state index in [4.69, 9.17) is 23.9 Å². The van der Waals surface area contributed by atoms with Gasteiger partial charge in [-0.1, -0.05) is 54.9 Å². The number of aryl methyl sites for hydroxylation is 1. The molecule has 0 aliphatic carbocycles. The second-order valence-electron chi connectivity index (χ2n) is 19.2. The van der Waals surface area contributed by atoms with E-state index in [1.807, 2.05) is 56.3 Å². The third kappa shape index (κ3) is 15.7. The predicted octanol–water partition coefficient (Wildman–Crippen LogP) is 7.18. The van der Waals surface area contributed by atoms with Crippen LogP contribution in [0.4, 0.5) is 16.5 Å². The molecule has 0 bridgehead atoms. The lowest BCUT2D eigenvalue weighted by Crippen LogP contribution is -2.54. The Balaban J connectivity index is 0.602. The monoisotopic (exact) mass is 1060 g/mol. The Morgan fingerprint density at radius 1 is 0.803 bits per heavy atom. The fourth-order valence-corrected chi connectivity index (χ4v) is 10.3. The SMILES string of the molecule is CC1=NC(N2CCN(CCCCCCOCCOCCOCCCCCC(=O)Nc3cccc4c3C(=O)N(C3CCC(=O)NC3=O)C4=O)CC2)C=C(Nc2ncc(CN([O-])c3ccc(Oc4ccccc4)cc3C)s2)N1. The molecule has 3 aromatic carbocycles. The first-order valence-corrected chi connectivity index (χ1v) is 27.2. The molecule has 0 radical (unpaired) electrons. The second kappa shape index (κ2) is 28.0. The summed E-state index contributed by atoms with van der Waals surface area (Å²) in [6.45, 7) is 12.3. The van der Waals surface area contributed by atoms with Crippen molar-refractivity contribution in [1.82, 2.24) is 30.3 Å². The lowest BCUT2D eigenvalue weighted by atomic mass is 10.0. The Bertz CT molecular complexity index is 2690. The van der Waals surface area contributed by atoms with Gasteiger partial charge in [-0.25, -0.2) is 9.98 Å². The van der Waals surface area contributed by atoms with E-state index in [2.05, 4.69) is 42.1 Å². The van der Waals surface area contributed by atoms with Crippen molar-refractivity contribution in [3.05, 3.63) is 112 Å². The highest BCUT2D eigenvalue weighted by atomic mass is 32.1. The predicted molar refractivity (Wildman–Crippen MR) is 290 cm³/mol. The molecule has 0 spiro atoms. The minimum absolute atomic E-state index is 0.0291. The molecule has 4 aliphatic heterocycles. The fourth-order valence-electron chi connectivity index (χ4n) is 9.47. The number of amides is 5. The number of nitrogens with zero attached hydrogens (tertiary/aromatic N) is 6. The summed E-state index contributed by atoms with van der Waals surface area (Å²) >= 11 is 1.45. The van der Waals surface area contributed by atoms with Crippen LogP contribution in [0.15, 0.2) is 89.8 Å². The number of piperazine rings is 1. The summed E-state index contributed by atoms with van der Waals surface area (Å²) in [6.07, 6.45) is 10.7. The number of thiazole rings is 1. The molecule has 2 saturated heterocycles. The molecule has 4 aliphatic rings. The summed E-state index contributed by atoms with van der Waals surface area (Å²) in [5.74, 6) is 0.400. The Kier molecular flexibility index (Phi) is 20.5. The van der Waals surface area contributed by atoms with Crippen molar-refractivity contribution in [1.29, 1.82) is 0 Å². The van der Waals surface area contributed by atoms with E-state index in [1.54, 1.807) is 24.4 Å².